The Balaban J connectivity index is 3.21. The van der Waals surface area contributed by atoms with E-state index in [2.05, 4.69) is 31.1 Å². The quantitative estimate of drug-likeness (QED) is 0.783. The van der Waals surface area contributed by atoms with Crippen LogP contribution in [-0.4, -0.2) is 22.9 Å². The second kappa shape index (κ2) is 6.20. The van der Waals surface area contributed by atoms with E-state index in [-0.39, 0.29) is 23.3 Å². The van der Waals surface area contributed by atoms with E-state index in [4.69, 9.17) is 0 Å². The highest BCUT2D eigenvalue weighted by molar-refractivity contribution is 5.92. The number of carbonyl (C=O) groups is 2. The zero-order valence-electron chi connectivity index (χ0n) is 14.2. The van der Waals surface area contributed by atoms with Crippen LogP contribution in [0.15, 0.2) is 12.7 Å². The first kappa shape index (κ1) is 17.7. The van der Waals surface area contributed by atoms with E-state index < -0.39 is 5.54 Å². The first-order valence-corrected chi connectivity index (χ1v) is 7.75. The smallest absolute Gasteiger partial charge is 0.246 e. The summed E-state index contributed by atoms with van der Waals surface area (Å²) in [6, 6.07) is 0. The second-order valence-electron chi connectivity index (χ2n) is 7.53. The summed E-state index contributed by atoms with van der Waals surface area (Å²) in [4.78, 5) is 24.7. The van der Waals surface area contributed by atoms with Gasteiger partial charge in [0.05, 0.1) is 0 Å². The SMILES string of the molecule is C=CCC1[C@@H](C)[C@@H](C)CC1(NC(C)=O)C(=O)NC(C)(C)C. The van der Waals surface area contributed by atoms with Crippen molar-refractivity contribution < 1.29 is 9.59 Å². The normalized spacial score (nSPS) is 32.6. The Kier molecular flexibility index (Phi) is 5.24. The Labute approximate surface area is 128 Å². The molecule has 1 aliphatic carbocycles. The van der Waals surface area contributed by atoms with Gasteiger partial charge in [-0.15, -0.1) is 6.58 Å². The average Bonchev–Trinajstić information content (AvgIpc) is 2.52. The van der Waals surface area contributed by atoms with Gasteiger partial charge in [-0.1, -0.05) is 19.9 Å². The summed E-state index contributed by atoms with van der Waals surface area (Å²) in [5.41, 5.74) is -1.15. The van der Waals surface area contributed by atoms with E-state index in [1.54, 1.807) is 0 Å². The molecule has 1 aliphatic rings. The zero-order valence-corrected chi connectivity index (χ0v) is 14.2. The molecule has 1 fully saturated rings. The van der Waals surface area contributed by atoms with E-state index >= 15 is 0 Å². The summed E-state index contributed by atoms with van der Waals surface area (Å²) in [6.45, 7) is 15.5. The highest BCUT2D eigenvalue weighted by Crippen LogP contribution is 2.46. The summed E-state index contributed by atoms with van der Waals surface area (Å²) in [5, 5.41) is 6.02. The van der Waals surface area contributed by atoms with Crippen LogP contribution in [0.1, 0.15) is 54.4 Å². The van der Waals surface area contributed by atoms with Crippen LogP contribution in [0.25, 0.3) is 0 Å². The van der Waals surface area contributed by atoms with Crippen LogP contribution in [0.5, 0.6) is 0 Å². The minimum atomic E-state index is -0.827. The third-order valence-corrected chi connectivity index (χ3v) is 4.52. The van der Waals surface area contributed by atoms with Crippen molar-refractivity contribution in [2.24, 2.45) is 17.8 Å². The van der Waals surface area contributed by atoms with E-state index in [0.717, 1.165) is 6.42 Å². The summed E-state index contributed by atoms with van der Waals surface area (Å²) in [7, 11) is 0. The summed E-state index contributed by atoms with van der Waals surface area (Å²) in [6.07, 6.45) is 3.25. The molecule has 4 atom stereocenters. The molecule has 0 bridgehead atoms. The van der Waals surface area contributed by atoms with E-state index in [1.165, 1.54) is 6.92 Å². The lowest BCUT2D eigenvalue weighted by Gasteiger charge is -2.38. The minimum absolute atomic E-state index is 0.0757. The predicted molar refractivity (Wildman–Crippen MR) is 85.7 cm³/mol. The Bertz CT molecular complexity index is 425. The summed E-state index contributed by atoms with van der Waals surface area (Å²) < 4.78 is 0. The molecule has 0 aromatic heterocycles. The second-order valence-corrected chi connectivity index (χ2v) is 7.53. The third kappa shape index (κ3) is 3.86. The highest BCUT2D eigenvalue weighted by atomic mass is 16.2. The molecule has 1 saturated carbocycles. The number of hydrogen-bond donors (Lipinski definition) is 2. The molecular weight excluding hydrogens is 264 g/mol. The maximum atomic E-state index is 12.9. The van der Waals surface area contributed by atoms with Crippen molar-refractivity contribution in [3.8, 4) is 0 Å². The van der Waals surface area contributed by atoms with Gasteiger partial charge in [0, 0.05) is 12.5 Å². The fourth-order valence-corrected chi connectivity index (χ4v) is 3.51. The molecular formula is C17H30N2O2. The van der Waals surface area contributed by atoms with Gasteiger partial charge >= 0.3 is 0 Å². The number of nitrogens with one attached hydrogen (secondary N) is 2. The lowest BCUT2D eigenvalue weighted by atomic mass is 9.79. The van der Waals surface area contributed by atoms with Crippen LogP contribution in [-0.2, 0) is 9.59 Å². The van der Waals surface area contributed by atoms with Crippen molar-refractivity contribution in [1.82, 2.24) is 10.6 Å². The lowest BCUT2D eigenvalue weighted by molar-refractivity contribution is -0.136. The zero-order chi connectivity index (χ0) is 16.4. The maximum absolute atomic E-state index is 12.9. The van der Waals surface area contributed by atoms with Gasteiger partial charge in [-0.3, -0.25) is 9.59 Å². The number of allylic oxidation sites excluding steroid dienone is 1. The first-order valence-electron chi connectivity index (χ1n) is 7.75. The van der Waals surface area contributed by atoms with Gasteiger partial charge in [-0.2, -0.15) is 0 Å². The first-order chi connectivity index (χ1) is 9.53. The van der Waals surface area contributed by atoms with Crippen LogP contribution in [0.2, 0.25) is 0 Å². The predicted octanol–water partition coefficient (Wildman–Crippen LogP) is 2.64. The van der Waals surface area contributed by atoms with Crippen molar-refractivity contribution >= 4 is 11.8 Å². The molecule has 21 heavy (non-hydrogen) atoms. The fraction of sp³-hybridized carbons (Fsp3) is 0.765. The largest absolute Gasteiger partial charge is 0.349 e. The van der Waals surface area contributed by atoms with E-state index in [9.17, 15) is 9.59 Å². The molecule has 120 valence electrons. The molecule has 0 aromatic carbocycles. The topological polar surface area (TPSA) is 58.2 Å². The van der Waals surface area contributed by atoms with Gasteiger partial charge in [-0.25, -0.2) is 0 Å². The van der Waals surface area contributed by atoms with Gasteiger partial charge < -0.3 is 10.6 Å². The van der Waals surface area contributed by atoms with Crippen molar-refractivity contribution in [2.75, 3.05) is 0 Å². The Morgan fingerprint density at radius 1 is 1.33 bits per heavy atom. The number of hydrogen-bond acceptors (Lipinski definition) is 2. The Morgan fingerprint density at radius 2 is 1.90 bits per heavy atom. The standard InChI is InChI=1S/C17H30N2O2/c1-8-9-14-12(3)11(2)10-17(14,18-13(4)20)15(21)19-16(5,6)7/h8,11-12,14H,1,9-10H2,2-7H3,(H,18,20)(H,19,21)/t11-,12-,14?,17?/m0/s1. The Hall–Kier alpha value is -1.32. The molecule has 0 aliphatic heterocycles. The van der Waals surface area contributed by atoms with Gasteiger partial charge in [0.25, 0.3) is 0 Å². The molecule has 0 radical (unpaired) electrons. The molecule has 2 unspecified atom stereocenters. The van der Waals surface area contributed by atoms with Crippen LogP contribution in [0, 0.1) is 17.8 Å². The van der Waals surface area contributed by atoms with Gasteiger partial charge in [0.2, 0.25) is 11.8 Å². The number of rotatable bonds is 4. The molecule has 0 heterocycles. The van der Waals surface area contributed by atoms with Gasteiger partial charge in [0.15, 0.2) is 0 Å². The fourth-order valence-electron chi connectivity index (χ4n) is 3.51. The van der Waals surface area contributed by atoms with Crippen LogP contribution in [0.4, 0.5) is 0 Å². The van der Waals surface area contributed by atoms with Crippen molar-refractivity contribution in [3.05, 3.63) is 12.7 Å². The van der Waals surface area contributed by atoms with Crippen LogP contribution < -0.4 is 10.6 Å². The van der Waals surface area contributed by atoms with Crippen molar-refractivity contribution in [3.63, 3.8) is 0 Å². The highest BCUT2D eigenvalue weighted by Gasteiger charge is 2.55. The van der Waals surface area contributed by atoms with Crippen LogP contribution >= 0.6 is 0 Å². The van der Waals surface area contributed by atoms with E-state index in [1.807, 2.05) is 26.8 Å². The molecule has 4 nitrogen and oxygen atoms in total. The molecule has 0 saturated heterocycles. The Morgan fingerprint density at radius 3 is 2.33 bits per heavy atom. The van der Waals surface area contributed by atoms with E-state index in [0.29, 0.717) is 18.3 Å². The van der Waals surface area contributed by atoms with Crippen LogP contribution in [0.3, 0.4) is 0 Å². The molecule has 2 N–H and O–H groups in total. The summed E-state index contributed by atoms with van der Waals surface area (Å²) in [5.74, 6) is 0.590. The average molecular weight is 294 g/mol. The van der Waals surface area contributed by atoms with Crippen molar-refractivity contribution in [1.29, 1.82) is 0 Å². The molecule has 2 amide bonds. The van der Waals surface area contributed by atoms with Crippen molar-refractivity contribution in [2.45, 2.75) is 65.5 Å². The molecule has 1 rings (SSSR count). The molecule has 4 heteroatoms. The maximum Gasteiger partial charge on any atom is 0.246 e. The third-order valence-electron chi connectivity index (χ3n) is 4.52. The van der Waals surface area contributed by atoms with Gasteiger partial charge in [0.1, 0.15) is 5.54 Å². The van der Waals surface area contributed by atoms with Gasteiger partial charge in [-0.05, 0) is 51.4 Å². The summed E-state index contributed by atoms with van der Waals surface area (Å²) >= 11 is 0. The number of carbonyl (C=O) groups excluding carboxylic acids is 2. The molecule has 0 spiro atoms. The molecule has 0 aromatic rings. The number of amides is 2. The minimum Gasteiger partial charge on any atom is -0.349 e. The monoisotopic (exact) mass is 294 g/mol. The lowest BCUT2D eigenvalue weighted by Crippen LogP contribution is -2.63.